The first-order chi connectivity index (χ1) is 8.56. The van der Waals surface area contributed by atoms with Crippen molar-refractivity contribution in [1.82, 2.24) is 5.32 Å². The molecule has 4 nitrogen and oxygen atoms in total. The topological polar surface area (TPSA) is 58.6 Å². The van der Waals surface area contributed by atoms with Gasteiger partial charge in [-0.05, 0) is 19.9 Å². The van der Waals surface area contributed by atoms with Crippen molar-refractivity contribution < 1.29 is 14.6 Å². The highest BCUT2D eigenvalue weighted by Gasteiger charge is 2.09. The van der Waals surface area contributed by atoms with Crippen molar-refractivity contribution in [2.75, 3.05) is 13.7 Å². The van der Waals surface area contributed by atoms with Gasteiger partial charge < -0.3 is 15.2 Å². The minimum absolute atomic E-state index is 0.0963. The van der Waals surface area contributed by atoms with E-state index in [1.165, 1.54) is 0 Å². The first-order valence-electron chi connectivity index (χ1n) is 5.82. The van der Waals surface area contributed by atoms with Crippen LogP contribution < -0.4 is 10.1 Å². The summed E-state index contributed by atoms with van der Waals surface area (Å²) < 4.78 is 5.28. The van der Waals surface area contributed by atoms with Crippen molar-refractivity contribution in [2.45, 2.75) is 19.9 Å². The number of nitrogens with one attached hydrogen (secondary N) is 1. The second kappa shape index (κ2) is 6.81. The number of para-hydroxylation sites is 1. The number of carboxylic acid groups (broad SMARTS) is 1. The summed E-state index contributed by atoms with van der Waals surface area (Å²) in [5.41, 5.74) is 1.40. The van der Waals surface area contributed by atoms with Gasteiger partial charge in [0.15, 0.2) is 0 Å². The van der Waals surface area contributed by atoms with E-state index in [2.05, 4.69) is 5.32 Å². The molecule has 0 aliphatic carbocycles. The number of hydrogen-bond donors (Lipinski definition) is 2. The second-order valence-corrected chi connectivity index (χ2v) is 4.06. The van der Waals surface area contributed by atoms with Gasteiger partial charge in [-0.1, -0.05) is 24.3 Å². The number of carbonyl (C=O) groups is 1. The maximum Gasteiger partial charge on any atom is 0.330 e. The van der Waals surface area contributed by atoms with Crippen LogP contribution in [-0.4, -0.2) is 24.7 Å². The first kappa shape index (κ1) is 14.3. The van der Waals surface area contributed by atoms with Crippen molar-refractivity contribution in [3.05, 3.63) is 41.5 Å². The third-order valence-electron chi connectivity index (χ3n) is 2.78. The van der Waals surface area contributed by atoms with Crippen molar-refractivity contribution >= 4 is 5.97 Å². The summed E-state index contributed by atoms with van der Waals surface area (Å²) in [6.07, 6.45) is 1.66. The minimum atomic E-state index is -0.887. The average molecular weight is 249 g/mol. The summed E-state index contributed by atoms with van der Waals surface area (Å²) >= 11 is 0. The molecule has 1 aromatic carbocycles. The second-order valence-electron chi connectivity index (χ2n) is 4.06. The molecular weight excluding hydrogens is 230 g/mol. The van der Waals surface area contributed by atoms with E-state index in [1.54, 1.807) is 20.1 Å². The van der Waals surface area contributed by atoms with E-state index in [-0.39, 0.29) is 6.04 Å². The Morgan fingerprint density at radius 3 is 2.78 bits per heavy atom. The number of hydrogen-bond acceptors (Lipinski definition) is 3. The zero-order valence-electron chi connectivity index (χ0n) is 10.9. The highest BCUT2D eigenvalue weighted by atomic mass is 16.5. The summed E-state index contributed by atoms with van der Waals surface area (Å²) in [6.45, 7) is 4.11. The third kappa shape index (κ3) is 3.89. The molecule has 0 bridgehead atoms. The molecule has 0 saturated carbocycles. The van der Waals surface area contributed by atoms with Crippen LogP contribution in [-0.2, 0) is 4.79 Å². The number of ether oxygens (including phenoxy) is 1. The van der Waals surface area contributed by atoms with Gasteiger partial charge in [0.25, 0.3) is 0 Å². The van der Waals surface area contributed by atoms with Crippen LogP contribution in [0.4, 0.5) is 0 Å². The van der Waals surface area contributed by atoms with Gasteiger partial charge >= 0.3 is 5.97 Å². The molecule has 0 aromatic heterocycles. The molecule has 0 radical (unpaired) electrons. The van der Waals surface area contributed by atoms with Gasteiger partial charge in [-0.25, -0.2) is 4.79 Å². The average Bonchev–Trinajstić information content (AvgIpc) is 2.38. The molecule has 1 atom stereocenters. The van der Waals surface area contributed by atoms with Gasteiger partial charge in [-0.15, -0.1) is 0 Å². The van der Waals surface area contributed by atoms with Gasteiger partial charge in [0, 0.05) is 23.7 Å². The molecular formula is C14H19NO3. The van der Waals surface area contributed by atoms with Gasteiger partial charge in [0.2, 0.25) is 0 Å². The van der Waals surface area contributed by atoms with Crippen molar-refractivity contribution in [2.24, 2.45) is 0 Å². The standard InChI is InChI=1S/C14H19NO3/c1-10(14(16)17)8-9-15-11(2)12-6-4-5-7-13(12)18-3/h4-8,11,15H,9H2,1-3H3,(H,16,17)/b10-8-/t11-/m1/s1. The van der Waals surface area contributed by atoms with Gasteiger partial charge in [0.05, 0.1) is 7.11 Å². The monoisotopic (exact) mass is 249 g/mol. The molecule has 0 saturated heterocycles. The Kier molecular flexibility index (Phi) is 5.39. The van der Waals surface area contributed by atoms with Crippen LogP contribution in [0.25, 0.3) is 0 Å². The molecule has 1 aromatic rings. The van der Waals surface area contributed by atoms with E-state index >= 15 is 0 Å². The lowest BCUT2D eigenvalue weighted by atomic mass is 10.1. The van der Waals surface area contributed by atoms with Crippen LogP contribution in [0.3, 0.4) is 0 Å². The molecule has 1 rings (SSSR count). The molecule has 18 heavy (non-hydrogen) atoms. The molecule has 0 fully saturated rings. The van der Waals surface area contributed by atoms with E-state index in [9.17, 15) is 4.79 Å². The van der Waals surface area contributed by atoms with Crippen molar-refractivity contribution in [1.29, 1.82) is 0 Å². The lowest BCUT2D eigenvalue weighted by Crippen LogP contribution is -2.19. The molecule has 4 heteroatoms. The van der Waals surface area contributed by atoms with Crippen LogP contribution in [0.15, 0.2) is 35.9 Å². The van der Waals surface area contributed by atoms with E-state index in [0.717, 1.165) is 11.3 Å². The fraction of sp³-hybridized carbons (Fsp3) is 0.357. The van der Waals surface area contributed by atoms with Crippen LogP contribution in [0.5, 0.6) is 5.75 Å². The van der Waals surface area contributed by atoms with Crippen molar-refractivity contribution in [3.63, 3.8) is 0 Å². The van der Waals surface area contributed by atoms with E-state index < -0.39 is 5.97 Å². The fourth-order valence-electron chi connectivity index (χ4n) is 1.61. The predicted octanol–water partition coefficient (Wildman–Crippen LogP) is 2.38. The lowest BCUT2D eigenvalue weighted by Gasteiger charge is -2.16. The molecule has 0 heterocycles. The van der Waals surface area contributed by atoms with Crippen molar-refractivity contribution in [3.8, 4) is 5.75 Å². The number of carboxylic acids is 1. The molecule has 2 N–H and O–H groups in total. The molecule has 0 aliphatic heterocycles. The lowest BCUT2D eigenvalue weighted by molar-refractivity contribution is -0.132. The predicted molar refractivity (Wildman–Crippen MR) is 70.8 cm³/mol. The quantitative estimate of drug-likeness (QED) is 0.760. The smallest absolute Gasteiger partial charge is 0.330 e. The number of benzene rings is 1. The minimum Gasteiger partial charge on any atom is -0.496 e. The summed E-state index contributed by atoms with van der Waals surface area (Å²) in [7, 11) is 1.64. The Bertz CT molecular complexity index is 440. The maximum absolute atomic E-state index is 10.6. The largest absolute Gasteiger partial charge is 0.496 e. The Labute approximate surface area is 107 Å². The highest BCUT2D eigenvalue weighted by molar-refractivity contribution is 5.85. The van der Waals surface area contributed by atoms with E-state index in [4.69, 9.17) is 9.84 Å². The molecule has 98 valence electrons. The zero-order valence-corrected chi connectivity index (χ0v) is 10.9. The van der Waals surface area contributed by atoms with Crippen LogP contribution >= 0.6 is 0 Å². The summed E-state index contributed by atoms with van der Waals surface area (Å²) in [5.74, 6) is -0.0572. The van der Waals surface area contributed by atoms with Gasteiger partial charge in [-0.2, -0.15) is 0 Å². The first-order valence-corrected chi connectivity index (χ1v) is 5.82. The van der Waals surface area contributed by atoms with E-state index in [0.29, 0.717) is 12.1 Å². The number of aliphatic carboxylic acids is 1. The highest BCUT2D eigenvalue weighted by Crippen LogP contribution is 2.23. The number of methoxy groups -OCH3 is 1. The maximum atomic E-state index is 10.6. The Balaban J connectivity index is 2.63. The van der Waals surface area contributed by atoms with Gasteiger partial charge in [0.1, 0.15) is 5.75 Å². The molecule has 0 unspecified atom stereocenters. The van der Waals surface area contributed by atoms with Crippen LogP contribution in [0.2, 0.25) is 0 Å². The SMILES string of the molecule is COc1ccccc1[C@@H](C)NC/C=C(/C)C(=O)O. The molecule has 0 aliphatic rings. The number of rotatable bonds is 6. The Morgan fingerprint density at radius 1 is 1.50 bits per heavy atom. The van der Waals surface area contributed by atoms with Crippen LogP contribution in [0, 0.1) is 0 Å². The Morgan fingerprint density at radius 2 is 2.17 bits per heavy atom. The summed E-state index contributed by atoms with van der Waals surface area (Å²) in [4.78, 5) is 10.6. The summed E-state index contributed by atoms with van der Waals surface area (Å²) in [5, 5.41) is 12.0. The normalized spacial score (nSPS) is 13.2. The van der Waals surface area contributed by atoms with Crippen LogP contribution in [0.1, 0.15) is 25.5 Å². The fourth-order valence-corrected chi connectivity index (χ4v) is 1.61. The molecule has 0 spiro atoms. The summed E-state index contributed by atoms with van der Waals surface area (Å²) in [6, 6.07) is 7.87. The zero-order chi connectivity index (χ0) is 13.5. The molecule has 0 amide bonds. The Hall–Kier alpha value is -1.81. The third-order valence-corrected chi connectivity index (χ3v) is 2.78. The van der Waals surface area contributed by atoms with Gasteiger partial charge in [-0.3, -0.25) is 0 Å². The van der Waals surface area contributed by atoms with E-state index in [1.807, 2.05) is 31.2 Å².